The highest BCUT2D eigenvalue weighted by Crippen LogP contribution is 2.56. The molecule has 11 heteroatoms. The van der Waals surface area contributed by atoms with Crippen LogP contribution in [0.15, 0.2) is 54.6 Å². The summed E-state index contributed by atoms with van der Waals surface area (Å²) in [5.74, 6) is -3.78. The van der Waals surface area contributed by atoms with Crippen molar-refractivity contribution in [2.24, 2.45) is 11.8 Å². The van der Waals surface area contributed by atoms with Gasteiger partial charge in [-0.3, -0.25) is 19.2 Å². The van der Waals surface area contributed by atoms with E-state index in [9.17, 15) is 24.3 Å². The average molecular weight is 610 g/mol. The van der Waals surface area contributed by atoms with Crippen LogP contribution >= 0.6 is 0 Å². The predicted molar refractivity (Wildman–Crippen MR) is 160 cm³/mol. The lowest BCUT2D eigenvalue weighted by Crippen LogP contribution is -2.61. The van der Waals surface area contributed by atoms with E-state index in [1.165, 1.54) is 12.0 Å². The fourth-order valence-electron chi connectivity index (χ4n) is 6.97. The second-order valence-electron chi connectivity index (χ2n) is 13.0. The zero-order valence-electron chi connectivity index (χ0n) is 26.0. The topological polar surface area (TPSA) is 135 Å². The van der Waals surface area contributed by atoms with Gasteiger partial charge >= 0.3 is 5.97 Å². The van der Waals surface area contributed by atoms with E-state index in [0.717, 1.165) is 0 Å². The zero-order valence-corrected chi connectivity index (χ0v) is 26.0. The van der Waals surface area contributed by atoms with Crippen LogP contribution in [0.1, 0.15) is 52.2 Å². The summed E-state index contributed by atoms with van der Waals surface area (Å²) in [6, 6.07) is 6.56. The minimum atomic E-state index is -1.41. The minimum absolute atomic E-state index is 0.0735. The number of nitrogens with one attached hydrogen (secondary N) is 1. The molecule has 0 radical (unpaired) electrons. The number of aliphatic hydroxyl groups excluding tert-OH is 1. The van der Waals surface area contributed by atoms with Crippen LogP contribution < -0.4 is 5.32 Å². The second-order valence-corrected chi connectivity index (χ2v) is 13.0. The van der Waals surface area contributed by atoms with E-state index in [2.05, 4.69) is 5.32 Å². The third-order valence-corrected chi connectivity index (χ3v) is 9.05. The molecule has 5 rings (SSSR count). The van der Waals surface area contributed by atoms with Gasteiger partial charge in [-0.1, -0.05) is 54.6 Å². The molecule has 4 aliphatic rings. The Bertz CT molecular complexity index is 1320. The number of cyclic esters (lactones) is 1. The van der Waals surface area contributed by atoms with E-state index >= 15 is 0 Å². The van der Waals surface area contributed by atoms with Crippen LogP contribution in [-0.4, -0.2) is 101 Å². The maximum Gasteiger partial charge on any atom is 0.313 e. The van der Waals surface area contributed by atoms with Crippen molar-refractivity contribution < 1.29 is 38.5 Å². The molecule has 238 valence electrons. The van der Waals surface area contributed by atoms with Crippen LogP contribution in [0.3, 0.4) is 0 Å². The van der Waals surface area contributed by atoms with Gasteiger partial charge in [0, 0.05) is 25.6 Å². The molecular weight excluding hydrogens is 566 g/mol. The number of esters is 1. The molecule has 1 aromatic carbocycles. The fraction of sp³-hybridized carbons (Fsp3) is 0.576. The molecule has 5 bridgehead atoms. The third kappa shape index (κ3) is 5.57. The first kappa shape index (κ1) is 31.9. The molecule has 8 atom stereocenters. The van der Waals surface area contributed by atoms with E-state index < -0.39 is 65.2 Å². The summed E-state index contributed by atoms with van der Waals surface area (Å²) in [7, 11) is 1.51. The molecule has 4 aliphatic heterocycles. The summed E-state index contributed by atoms with van der Waals surface area (Å²) in [4.78, 5) is 59.1. The molecule has 1 aromatic rings. The Morgan fingerprint density at radius 3 is 2.50 bits per heavy atom. The van der Waals surface area contributed by atoms with Gasteiger partial charge in [-0.2, -0.15) is 0 Å². The third-order valence-electron chi connectivity index (χ3n) is 9.05. The number of likely N-dealkylation sites (tertiary alicyclic amines) is 1. The fourth-order valence-corrected chi connectivity index (χ4v) is 6.97. The molecule has 2 fully saturated rings. The maximum atomic E-state index is 14.5. The van der Waals surface area contributed by atoms with Crippen molar-refractivity contribution in [2.45, 2.75) is 82.0 Å². The summed E-state index contributed by atoms with van der Waals surface area (Å²) >= 11 is 0. The van der Waals surface area contributed by atoms with Crippen molar-refractivity contribution in [3.63, 3.8) is 0 Å². The number of hydrogen-bond acceptors (Lipinski definition) is 8. The zero-order chi connectivity index (χ0) is 31.8. The predicted octanol–water partition coefficient (Wildman–Crippen LogP) is 1.91. The smallest absolute Gasteiger partial charge is 0.313 e. The first-order valence-corrected chi connectivity index (χ1v) is 15.2. The molecule has 44 heavy (non-hydrogen) atoms. The first-order chi connectivity index (χ1) is 20.9. The Labute approximate surface area is 258 Å². The van der Waals surface area contributed by atoms with Crippen LogP contribution in [0.2, 0.25) is 0 Å². The second kappa shape index (κ2) is 12.5. The standard InChI is InChI=1S/C33H43N3O8/c1-20(18-37)36-28-30(40)35(32(2,3)4)17-11-7-10-14-24(38)34-22(19-42-5)27(21-12-8-6-9-13-21)43-31(41)25-23-15-16-33(28,44-23)26(25)29(36)39/h6-9,11-13,15-16,20,22-23,25-28,37H,10,14,17-19H2,1-5H3,(H,34,38)/b11-7-/t20-,22+,23-,25+,26+,27+,28-,33+/m1/s1. The van der Waals surface area contributed by atoms with Crippen LogP contribution in [0.5, 0.6) is 0 Å². The van der Waals surface area contributed by atoms with Gasteiger partial charge in [-0.25, -0.2) is 0 Å². The lowest BCUT2D eigenvalue weighted by Gasteiger charge is -2.42. The van der Waals surface area contributed by atoms with E-state index in [1.54, 1.807) is 36.1 Å². The number of ether oxygens (including phenoxy) is 3. The number of amides is 3. The Hall–Kier alpha value is -3.54. The molecule has 2 N–H and O–H groups in total. The monoisotopic (exact) mass is 609 g/mol. The largest absolute Gasteiger partial charge is 0.455 e. The van der Waals surface area contributed by atoms with Gasteiger partial charge in [0.05, 0.1) is 37.3 Å². The molecule has 4 heterocycles. The SMILES string of the molecule is COC[C@@H]1NC(=O)CC/C=C\CN(C(C)(C)C)C(=O)[C@H]2N([C@H](C)CO)C(=O)[C@@H]3[C@@H](C(=O)O[C@H]1c1ccccc1)[C@H]1C=C[C@]32O1. The summed E-state index contributed by atoms with van der Waals surface area (Å²) in [5.41, 5.74) is -1.39. The van der Waals surface area contributed by atoms with E-state index in [0.29, 0.717) is 12.0 Å². The number of methoxy groups -OCH3 is 1. The number of carbonyl (C=O) groups is 4. The molecule has 0 aliphatic carbocycles. The maximum absolute atomic E-state index is 14.5. The summed E-state index contributed by atoms with van der Waals surface area (Å²) in [5, 5.41) is 13.2. The van der Waals surface area contributed by atoms with Crippen LogP contribution in [0.4, 0.5) is 0 Å². The van der Waals surface area contributed by atoms with E-state index in [1.807, 2.05) is 51.1 Å². The molecule has 11 nitrogen and oxygen atoms in total. The van der Waals surface area contributed by atoms with E-state index in [4.69, 9.17) is 14.2 Å². The molecule has 0 saturated carbocycles. The van der Waals surface area contributed by atoms with Crippen LogP contribution in [0.25, 0.3) is 0 Å². The minimum Gasteiger partial charge on any atom is -0.455 e. The van der Waals surface area contributed by atoms with E-state index in [-0.39, 0.29) is 38.0 Å². The van der Waals surface area contributed by atoms with Crippen LogP contribution in [0, 0.1) is 11.8 Å². The number of benzene rings is 1. The number of fused-ring (bicyclic) bond motifs is 2. The number of carbonyl (C=O) groups excluding carboxylic acids is 4. The number of rotatable bonds is 5. The molecular formula is C33H43N3O8. The van der Waals surface area contributed by atoms with Crippen molar-refractivity contribution in [1.29, 1.82) is 0 Å². The van der Waals surface area contributed by atoms with Gasteiger partial charge in [0.25, 0.3) is 0 Å². The molecule has 1 spiro atoms. The van der Waals surface area contributed by atoms with Gasteiger partial charge < -0.3 is 34.4 Å². The van der Waals surface area contributed by atoms with Gasteiger partial charge in [-0.05, 0) is 39.7 Å². The van der Waals surface area contributed by atoms with Crippen LogP contribution in [-0.2, 0) is 33.4 Å². The normalized spacial score (nSPS) is 34.1. The molecule has 3 amide bonds. The van der Waals surface area contributed by atoms with Gasteiger partial charge in [-0.15, -0.1) is 0 Å². The quantitative estimate of drug-likeness (QED) is 0.382. The lowest BCUT2D eigenvalue weighted by atomic mass is 9.74. The summed E-state index contributed by atoms with van der Waals surface area (Å²) < 4.78 is 18.1. The van der Waals surface area contributed by atoms with Crippen molar-refractivity contribution in [2.75, 3.05) is 26.9 Å². The molecule has 2 saturated heterocycles. The molecule has 0 unspecified atom stereocenters. The van der Waals surface area contributed by atoms with Crippen molar-refractivity contribution in [3.05, 3.63) is 60.2 Å². The highest BCUT2D eigenvalue weighted by molar-refractivity contribution is 5.99. The Balaban J connectivity index is 1.62. The Morgan fingerprint density at radius 1 is 1.11 bits per heavy atom. The number of aliphatic hydroxyl groups is 1. The summed E-state index contributed by atoms with van der Waals surface area (Å²) in [6.07, 6.45) is 6.06. The van der Waals surface area contributed by atoms with Gasteiger partial charge in [0.1, 0.15) is 23.7 Å². The van der Waals surface area contributed by atoms with Crippen molar-refractivity contribution in [1.82, 2.24) is 15.1 Å². The van der Waals surface area contributed by atoms with Crippen molar-refractivity contribution in [3.8, 4) is 0 Å². The summed E-state index contributed by atoms with van der Waals surface area (Å²) in [6.45, 7) is 7.33. The molecule has 0 aromatic heterocycles. The lowest BCUT2D eigenvalue weighted by molar-refractivity contribution is -0.163. The first-order valence-electron chi connectivity index (χ1n) is 15.2. The Morgan fingerprint density at radius 2 is 1.84 bits per heavy atom. The highest BCUT2D eigenvalue weighted by Gasteiger charge is 2.74. The van der Waals surface area contributed by atoms with Crippen molar-refractivity contribution >= 4 is 23.7 Å². The van der Waals surface area contributed by atoms with Gasteiger partial charge in [0.2, 0.25) is 17.7 Å². The number of nitrogens with zero attached hydrogens (tertiary/aromatic N) is 2. The number of allylic oxidation sites excluding steroid dienone is 1. The average Bonchev–Trinajstić information content (AvgIpc) is 3.63. The highest BCUT2D eigenvalue weighted by atomic mass is 16.6. The number of hydrogen-bond donors (Lipinski definition) is 2. The van der Waals surface area contributed by atoms with Gasteiger partial charge in [0.15, 0.2) is 0 Å². The Kier molecular flexibility index (Phi) is 9.02.